The third kappa shape index (κ3) is 7.17. The summed E-state index contributed by atoms with van der Waals surface area (Å²) in [5.41, 5.74) is 26.0. The third-order valence-corrected chi connectivity index (χ3v) is 16.9. The Balaban J connectivity index is 1.39. The van der Waals surface area contributed by atoms with Gasteiger partial charge in [0.1, 0.15) is 0 Å². The molecule has 0 radical (unpaired) electrons. The Kier molecular flexibility index (Phi) is 9.91. The van der Waals surface area contributed by atoms with Crippen LogP contribution in [0.3, 0.4) is 0 Å². The van der Waals surface area contributed by atoms with Crippen molar-refractivity contribution in [1.82, 2.24) is 0 Å². The number of hydrogen-bond donors (Lipinski definition) is 0. The smallest absolute Gasteiger partial charge is 0.252 e. The van der Waals surface area contributed by atoms with Crippen LogP contribution in [-0.4, -0.2) is 6.71 Å². The molecule has 2 heterocycles. The van der Waals surface area contributed by atoms with E-state index >= 15 is 0 Å². The maximum absolute atomic E-state index is 2.72. The number of hydrogen-bond acceptors (Lipinski definition) is 2. The minimum Gasteiger partial charge on any atom is -0.311 e. The predicted octanol–water partition coefficient (Wildman–Crippen LogP) is 15.9. The summed E-state index contributed by atoms with van der Waals surface area (Å²) < 4.78 is 0. The van der Waals surface area contributed by atoms with Crippen molar-refractivity contribution in [3.05, 3.63) is 148 Å². The first-order valence-electron chi connectivity index (χ1n) is 25.5. The first kappa shape index (κ1) is 45.8. The van der Waals surface area contributed by atoms with Crippen molar-refractivity contribution in [2.45, 2.75) is 182 Å². The zero-order valence-electron chi connectivity index (χ0n) is 44.4. The molecule has 0 bridgehead atoms. The lowest BCUT2D eigenvalue weighted by atomic mass is 9.33. The number of rotatable bonds is 3. The van der Waals surface area contributed by atoms with Crippen molar-refractivity contribution < 1.29 is 0 Å². The SMILES string of the molecule is Cc1cc2c(cc1N1c3cc(C(C)(C)C)ccc3B3c4cc5c(cc4N(c4ccc(C(C)(C)C)cc4-c4ccccc4)c4cc(C(C)(C)C)cc1c43)C(C)(C)CCC5(C)C)C(C)(C)CC2(C)C. The standard InChI is InChI=1S/C64H77BN2/c1-39-30-45-48(64(17,18)38-63(45,15)16)36-52(39)67-53-32-42(59(5,6)7)24-26-49(53)65-50-35-46-47(62(13,14)29-28-61(46,11)12)37-54(50)66(55-33-43(60(8,9)10)34-56(67)57(55)65)51-27-25-41(58(2,3)4)31-44(51)40-22-20-19-21-23-40/h19-27,30-37H,28-29,38H2,1-18H3. The van der Waals surface area contributed by atoms with E-state index in [1.165, 1.54) is 119 Å². The van der Waals surface area contributed by atoms with E-state index in [0.717, 1.165) is 6.42 Å². The van der Waals surface area contributed by atoms with Gasteiger partial charge in [0.15, 0.2) is 0 Å². The van der Waals surface area contributed by atoms with Gasteiger partial charge >= 0.3 is 0 Å². The van der Waals surface area contributed by atoms with Crippen LogP contribution < -0.4 is 26.2 Å². The molecule has 346 valence electrons. The molecule has 6 aromatic carbocycles. The van der Waals surface area contributed by atoms with Crippen molar-refractivity contribution >= 4 is 57.2 Å². The molecule has 0 unspecified atom stereocenters. The fourth-order valence-corrected chi connectivity index (χ4v) is 12.9. The lowest BCUT2D eigenvalue weighted by Gasteiger charge is -2.48. The van der Waals surface area contributed by atoms with Gasteiger partial charge in [0.2, 0.25) is 0 Å². The van der Waals surface area contributed by atoms with E-state index in [0.29, 0.717) is 0 Å². The van der Waals surface area contributed by atoms with E-state index in [1.54, 1.807) is 0 Å². The van der Waals surface area contributed by atoms with Crippen molar-refractivity contribution in [1.29, 1.82) is 0 Å². The average Bonchev–Trinajstić information content (AvgIpc) is 3.41. The minimum atomic E-state index is -0.120. The molecule has 2 aliphatic carbocycles. The Hall–Kier alpha value is -5.02. The van der Waals surface area contributed by atoms with Gasteiger partial charge in [-0.15, -0.1) is 0 Å². The van der Waals surface area contributed by atoms with Gasteiger partial charge in [0.05, 0.1) is 5.69 Å². The number of anilines is 6. The highest BCUT2D eigenvalue weighted by Gasteiger charge is 2.49. The van der Waals surface area contributed by atoms with E-state index in [1.807, 2.05) is 0 Å². The van der Waals surface area contributed by atoms with Crippen LogP contribution >= 0.6 is 0 Å². The Morgan fingerprint density at radius 2 is 0.881 bits per heavy atom. The Morgan fingerprint density at radius 3 is 1.46 bits per heavy atom. The van der Waals surface area contributed by atoms with E-state index in [9.17, 15) is 0 Å². The van der Waals surface area contributed by atoms with Gasteiger partial charge in [0, 0.05) is 34.0 Å². The predicted molar refractivity (Wildman–Crippen MR) is 293 cm³/mol. The lowest BCUT2D eigenvalue weighted by Crippen LogP contribution is -2.62. The summed E-state index contributed by atoms with van der Waals surface area (Å²) in [4.78, 5) is 5.45. The van der Waals surface area contributed by atoms with Crippen molar-refractivity contribution in [2.24, 2.45) is 0 Å². The van der Waals surface area contributed by atoms with E-state index in [-0.39, 0.29) is 44.6 Å². The maximum atomic E-state index is 2.72. The first-order valence-corrected chi connectivity index (χ1v) is 25.5. The quantitative estimate of drug-likeness (QED) is 0.163. The van der Waals surface area contributed by atoms with E-state index in [4.69, 9.17) is 0 Å². The summed E-state index contributed by atoms with van der Waals surface area (Å²) in [6, 6.07) is 41.8. The summed E-state index contributed by atoms with van der Waals surface area (Å²) in [5.74, 6) is 0. The first-order chi connectivity index (χ1) is 31.0. The van der Waals surface area contributed by atoms with Crippen LogP contribution in [0.2, 0.25) is 0 Å². The molecule has 0 fully saturated rings. The zero-order chi connectivity index (χ0) is 48.3. The molecule has 0 N–H and O–H groups in total. The van der Waals surface area contributed by atoms with Gasteiger partial charge in [-0.3, -0.25) is 0 Å². The van der Waals surface area contributed by atoms with Gasteiger partial charge in [-0.25, -0.2) is 0 Å². The fourth-order valence-electron chi connectivity index (χ4n) is 12.9. The highest BCUT2D eigenvalue weighted by atomic mass is 15.2. The van der Waals surface area contributed by atoms with E-state index < -0.39 is 0 Å². The van der Waals surface area contributed by atoms with Gasteiger partial charge < -0.3 is 9.80 Å². The zero-order valence-corrected chi connectivity index (χ0v) is 44.4. The van der Waals surface area contributed by atoms with Gasteiger partial charge in [0.25, 0.3) is 6.71 Å². The van der Waals surface area contributed by atoms with Gasteiger partial charge in [-0.05, 0) is 173 Å². The molecular formula is C64H77BN2. The summed E-state index contributed by atoms with van der Waals surface area (Å²) in [7, 11) is 0. The molecule has 0 atom stereocenters. The van der Waals surface area contributed by atoms with Gasteiger partial charge in [-0.2, -0.15) is 0 Å². The summed E-state index contributed by atoms with van der Waals surface area (Å²) in [6.07, 6.45) is 3.48. The van der Waals surface area contributed by atoms with Crippen molar-refractivity contribution in [3.8, 4) is 11.1 Å². The van der Waals surface area contributed by atoms with Crippen molar-refractivity contribution in [2.75, 3.05) is 9.80 Å². The molecule has 3 heteroatoms. The highest BCUT2D eigenvalue weighted by Crippen LogP contribution is 2.55. The van der Waals surface area contributed by atoms with Crippen LogP contribution in [0.5, 0.6) is 0 Å². The topological polar surface area (TPSA) is 6.48 Å². The van der Waals surface area contributed by atoms with Crippen molar-refractivity contribution in [3.63, 3.8) is 0 Å². The van der Waals surface area contributed by atoms with Gasteiger partial charge in [-0.1, -0.05) is 178 Å². The lowest BCUT2D eigenvalue weighted by molar-refractivity contribution is 0.332. The van der Waals surface area contributed by atoms with E-state index in [2.05, 4.69) is 238 Å². The summed E-state index contributed by atoms with van der Waals surface area (Å²) >= 11 is 0. The molecule has 0 spiro atoms. The molecule has 67 heavy (non-hydrogen) atoms. The molecule has 2 aliphatic heterocycles. The average molecular weight is 885 g/mol. The van der Waals surface area contributed by atoms with Crippen LogP contribution in [0, 0.1) is 6.92 Å². The molecular weight excluding hydrogens is 808 g/mol. The Bertz CT molecular complexity index is 3010. The summed E-state index contributed by atoms with van der Waals surface area (Å²) in [6.45, 7) is 43.5. The fraction of sp³-hybridized carbons (Fsp3) is 0.438. The van der Waals surface area contributed by atoms with Crippen LogP contribution in [0.15, 0.2) is 103 Å². The molecule has 10 rings (SSSR count). The maximum Gasteiger partial charge on any atom is 0.252 e. The minimum absolute atomic E-state index is 0.0133. The molecule has 6 aromatic rings. The largest absolute Gasteiger partial charge is 0.311 e. The number of aryl methyl sites for hydroxylation is 1. The second kappa shape index (κ2) is 14.5. The molecule has 2 nitrogen and oxygen atoms in total. The molecule has 0 aromatic heterocycles. The summed E-state index contributed by atoms with van der Waals surface area (Å²) in [5, 5.41) is 0. The number of nitrogens with zero attached hydrogens (tertiary/aromatic N) is 2. The molecule has 0 saturated carbocycles. The third-order valence-electron chi connectivity index (χ3n) is 16.9. The molecule has 0 saturated heterocycles. The van der Waals surface area contributed by atoms with Crippen LogP contribution in [-0.2, 0) is 37.9 Å². The molecule has 4 aliphatic rings. The normalized spacial score (nSPS) is 18.5. The number of benzene rings is 6. The van der Waals surface area contributed by atoms with Crippen LogP contribution in [0.1, 0.15) is 181 Å². The Morgan fingerprint density at radius 1 is 0.418 bits per heavy atom. The molecule has 0 amide bonds. The van der Waals surface area contributed by atoms with Crippen LogP contribution in [0.25, 0.3) is 11.1 Å². The van der Waals surface area contributed by atoms with Crippen LogP contribution in [0.4, 0.5) is 34.1 Å². The Labute approximate surface area is 405 Å². The monoisotopic (exact) mass is 885 g/mol. The second-order valence-corrected chi connectivity index (χ2v) is 27.0. The number of fused-ring (bicyclic) bond motifs is 6. The highest BCUT2D eigenvalue weighted by molar-refractivity contribution is 7.00. The second-order valence-electron chi connectivity index (χ2n) is 27.0.